The van der Waals surface area contributed by atoms with E-state index >= 15 is 0 Å². The van der Waals surface area contributed by atoms with E-state index in [0.717, 1.165) is 0 Å². The molecule has 2 aromatic carbocycles. The van der Waals surface area contributed by atoms with Gasteiger partial charge in [0.05, 0.1) is 6.21 Å². The van der Waals surface area contributed by atoms with Crippen LogP contribution < -0.4 is 5.43 Å². The number of aliphatic hydroxyl groups excluding tert-OH is 1. The molecule has 0 aliphatic carbocycles. The van der Waals surface area contributed by atoms with Crippen molar-refractivity contribution in [1.29, 1.82) is 0 Å². The van der Waals surface area contributed by atoms with Crippen LogP contribution in [0.25, 0.3) is 0 Å². The molecule has 0 radical (unpaired) electrons. The number of rotatable bonds is 4. The Morgan fingerprint density at radius 2 is 1.95 bits per heavy atom. The normalized spacial score (nSPS) is 12.3. The second-order valence-corrected chi connectivity index (χ2v) is 4.10. The summed E-state index contributed by atoms with van der Waals surface area (Å²) < 4.78 is 12.9. The van der Waals surface area contributed by atoms with Crippen LogP contribution in [0.5, 0.6) is 0 Å². The van der Waals surface area contributed by atoms with Gasteiger partial charge in [0.1, 0.15) is 5.82 Å². The average molecular weight is 272 g/mol. The van der Waals surface area contributed by atoms with Crippen molar-refractivity contribution in [2.45, 2.75) is 6.10 Å². The van der Waals surface area contributed by atoms with Crippen molar-refractivity contribution in [3.05, 3.63) is 71.5 Å². The Kier molecular flexibility index (Phi) is 4.57. The van der Waals surface area contributed by atoms with Crippen LogP contribution in [0.4, 0.5) is 4.39 Å². The molecule has 0 saturated carbocycles. The lowest BCUT2D eigenvalue weighted by molar-refractivity contribution is -0.129. The number of carbonyl (C=O) groups excluding carboxylic acids is 1. The third-order valence-corrected chi connectivity index (χ3v) is 2.60. The van der Waals surface area contributed by atoms with E-state index in [0.29, 0.717) is 11.1 Å². The minimum Gasteiger partial charge on any atom is -0.378 e. The minimum atomic E-state index is -1.29. The van der Waals surface area contributed by atoms with Gasteiger partial charge in [0.25, 0.3) is 5.91 Å². The van der Waals surface area contributed by atoms with Crippen LogP contribution in [0.1, 0.15) is 17.2 Å². The Balaban J connectivity index is 1.95. The molecule has 0 aromatic heterocycles. The lowest BCUT2D eigenvalue weighted by Gasteiger charge is -2.08. The molecule has 0 bridgehead atoms. The van der Waals surface area contributed by atoms with Crippen LogP contribution in [0.2, 0.25) is 0 Å². The van der Waals surface area contributed by atoms with Gasteiger partial charge in [0, 0.05) is 0 Å². The summed E-state index contributed by atoms with van der Waals surface area (Å²) in [6.45, 7) is 0. The first-order valence-corrected chi connectivity index (χ1v) is 5.98. The van der Waals surface area contributed by atoms with Crippen LogP contribution in [-0.2, 0) is 4.79 Å². The molecule has 0 fully saturated rings. The largest absolute Gasteiger partial charge is 0.378 e. The standard InChI is InChI=1S/C15H13FN2O2/c16-13-8-4-5-11(9-13)10-17-18-15(20)14(19)12-6-2-1-3-7-12/h1-10,14,19H,(H,18,20)/b17-10+. The molecular formula is C15H13FN2O2. The summed E-state index contributed by atoms with van der Waals surface area (Å²) in [5, 5.41) is 13.5. The maximum atomic E-state index is 12.9. The highest BCUT2D eigenvalue weighted by atomic mass is 19.1. The molecule has 0 saturated heterocycles. The Morgan fingerprint density at radius 3 is 2.65 bits per heavy atom. The van der Waals surface area contributed by atoms with Crippen LogP contribution in [0.15, 0.2) is 59.7 Å². The molecule has 0 spiro atoms. The monoisotopic (exact) mass is 272 g/mol. The fourth-order valence-electron chi connectivity index (χ4n) is 1.61. The molecular weight excluding hydrogens is 259 g/mol. The number of aliphatic hydroxyl groups is 1. The van der Waals surface area contributed by atoms with Crippen molar-refractivity contribution in [1.82, 2.24) is 5.43 Å². The van der Waals surface area contributed by atoms with Gasteiger partial charge in [0.2, 0.25) is 0 Å². The van der Waals surface area contributed by atoms with E-state index < -0.39 is 12.0 Å². The second kappa shape index (κ2) is 6.58. The molecule has 1 unspecified atom stereocenters. The highest BCUT2D eigenvalue weighted by Gasteiger charge is 2.15. The smallest absolute Gasteiger partial charge is 0.273 e. The van der Waals surface area contributed by atoms with Crippen molar-refractivity contribution in [2.24, 2.45) is 5.10 Å². The van der Waals surface area contributed by atoms with E-state index in [1.54, 1.807) is 36.4 Å². The second-order valence-electron chi connectivity index (χ2n) is 4.10. The van der Waals surface area contributed by atoms with Gasteiger partial charge in [-0.25, -0.2) is 9.82 Å². The molecule has 1 amide bonds. The van der Waals surface area contributed by atoms with Gasteiger partial charge in [-0.05, 0) is 23.3 Å². The third kappa shape index (κ3) is 3.73. The van der Waals surface area contributed by atoms with E-state index in [-0.39, 0.29) is 5.82 Å². The van der Waals surface area contributed by atoms with Crippen molar-refractivity contribution in [2.75, 3.05) is 0 Å². The predicted octanol–water partition coefficient (Wildman–Crippen LogP) is 2.01. The van der Waals surface area contributed by atoms with Crippen LogP contribution >= 0.6 is 0 Å². The number of nitrogens with zero attached hydrogens (tertiary/aromatic N) is 1. The Bertz CT molecular complexity index is 614. The van der Waals surface area contributed by atoms with Gasteiger partial charge in [-0.3, -0.25) is 4.79 Å². The number of nitrogens with one attached hydrogen (secondary N) is 1. The molecule has 2 N–H and O–H groups in total. The molecule has 0 aliphatic rings. The maximum Gasteiger partial charge on any atom is 0.273 e. The highest BCUT2D eigenvalue weighted by molar-refractivity contribution is 5.84. The molecule has 0 heterocycles. The van der Waals surface area contributed by atoms with Gasteiger partial charge < -0.3 is 5.11 Å². The van der Waals surface area contributed by atoms with Gasteiger partial charge in [-0.15, -0.1) is 0 Å². The van der Waals surface area contributed by atoms with E-state index in [4.69, 9.17) is 0 Å². The quantitative estimate of drug-likeness (QED) is 0.660. The van der Waals surface area contributed by atoms with Gasteiger partial charge >= 0.3 is 0 Å². The Morgan fingerprint density at radius 1 is 1.20 bits per heavy atom. The lowest BCUT2D eigenvalue weighted by Crippen LogP contribution is -2.25. The Labute approximate surface area is 115 Å². The van der Waals surface area contributed by atoms with Crippen LogP contribution in [0, 0.1) is 5.82 Å². The van der Waals surface area contributed by atoms with Gasteiger partial charge in [0.15, 0.2) is 6.10 Å². The number of carbonyl (C=O) groups is 1. The SMILES string of the molecule is O=C(N/N=C/c1cccc(F)c1)C(O)c1ccccc1. The minimum absolute atomic E-state index is 0.385. The summed E-state index contributed by atoms with van der Waals surface area (Å²) in [7, 11) is 0. The highest BCUT2D eigenvalue weighted by Crippen LogP contribution is 2.11. The molecule has 20 heavy (non-hydrogen) atoms. The number of hydrazone groups is 1. The van der Waals surface area contributed by atoms with Crippen LogP contribution in [0.3, 0.4) is 0 Å². The number of halogens is 1. The average Bonchev–Trinajstić information content (AvgIpc) is 2.47. The molecule has 5 heteroatoms. The van der Waals surface area contributed by atoms with Crippen molar-refractivity contribution >= 4 is 12.1 Å². The molecule has 102 valence electrons. The van der Waals surface area contributed by atoms with E-state index in [1.165, 1.54) is 24.4 Å². The van der Waals surface area contributed by atoms with Crippen molar-refractivity contribution < 1.29 is 14.3 Å². The summed E-state index contributed by atoms with van der Waals surface area (Å²) >= 11 is 0. The van der Waals surface area contributed by atoms with E-state index in [2.05, 4.69) is 10.5 Å². The van der Waals surface area contributed by atoms with E-state index in [1.807, 2.05) is 0 Å². The molecule has 4 nitrogen and oxygen atoms in total. The molecule has 0 aliphatic heterocycles. The number of amides is 1. The molecule has 2 rings (SSSR count). The lowest BCUT2D eigenvalue weighted by atomic mass is 10.1. The fourth-order valence-corrected chi connectivity index (χ4v) is 1.61. The topological polar surface area (TPSA) is 61.7 Å². The summed E-state index contributed by atoms with van der Waals surface area (Å²) in [6, 6.07) is 14.3. The number of hydrogen-bond donors (Lipinski definition) is 2. The zero-order valence-electron chi connectivity index (χ0n) is 10.5. The predicted molar refractivity (Wildman–Crippen MR) is 73.5 cm³/mol. The zero-order valence-corrected chi connectivity index (χ0v) is 10.5. The van der Waals surface area contributed by atoms with Gasteiger partial charge in [-0.2, -0.15) is 5.10 Å². The zero-order chi connectivity index (χ0) is 14.4. The summed E-state index contributed by atoms with van der Waals surface area (Å²) in [6.07, 6.45) is 0.0134. The number of benzene rings is 2. The molecule has 1 atom stereocenters. The van der Waals surface area contributed by atoms with Crippen molar-refractivity contribution in [3.8, 4) is 0 Å². The van der Waals surface area contributed by atoms with Crippen LogP contribution in [-0.4, -0.2) is 17.2 Å². The fraction of sp³-hybridized carbons (Fsp3) is 0.0667. The summed E-state index contributed by atoms with van der Waals surface area (Å²) in [5.41, 5.74) is 3.20. The van der Waals surface area contributed by atoms with Crippen molar-refractivity contribution in [3.63, 3.8) is 0 Å². The van der Waals surface area contributed by atoms with Gasteiger partial charge in [-0.1, -0.05) is 42.5 Å². The molecule has 2 aromatic rings. The first kappa shape index (κ1) is 13.9. The third-order valence-electron chi connectivity index (χ3n) is 2.60. The van der Waals surface area contributed by atoms with E-state index in [9.17, 15) is 14.3 Å². The first-order chi connectivity index (χ1) is 9.66. The summed E-state index contributed by atoms with van der Waals surface area (Å²) in [4.78, 5) is 11.7. The summed E-state index contributed by atoms with van der Waals surface area (Å²) in [5.74, 6) is -1.03. The number of hydrogen-bond acceptors (Lipinski definition) is 3. The maximum absolute atomic E-state index is 12.9. The Hall–Kier alpha value is -2.53. The first-order valence-electron chi connectivity index (χ1n) is 5.98.